The molecule has 114 valence electrons. The van der Waals surface area contributed by atoms with Gasteiger partial charge in [0.2, 0.25) is 0 Å². The van der Waals surface area contributed by atoms with Crippen LogP contribution in [0.25, 0.3) is 0 Å². The quantitative estimate of drug-likeness (QED) is 0.873. The van der Waals surface area contributed by atoms with Gasteiger partial charge in [0.1, 0.15) is 10.7 Å². The molecule has 0 spiro atoms. The second-order valence-corrected chi connectivity index (χ2v) is 6.24. The minimum absolute atomic E-state index is 0.135. The zero-order valence-corrected chi connectivity index (χ0v) is 12.6. The first-order valence-corrected chi connectivity index (χ1v) is 7.89. The summed E-state index contributed by atoms with van der Waals surface area (Å²) in [4.78, 5) is -0.420. The maximum Gasteiger partial charge on any atom is 0.264 e. The van der Waals surface area contributed by atoms with Gasteiger partial charge in [-0.3, -0.25) is 9.40 Å². The van der Waals surface area contributed by atoms with Crippen molar-refractivity contribution in [3.05, 3.63) is 41.5 Å². The van der Waals surface area contributed by atoms with Gasteiger partial charge in [-0.2, -0.15) is 5.10 Å². The van der Waals surface area contributed by atoms with Crippen molar-refractivity contribution in [2.24, 2.45) is 12.8 Å². The molecule has 0 aliphatic carbocycles. The predicted octanol–water partition coefficient (Wildman–Crippen LogP) is 1.38. The average molecular weight is 312 g/mol. The Hall–Kier alpha value is -1.93. The summed E-state index contributed by atoms with van der Waals surface area (Å²) < 4.78 is 42.4. The molecule has 0 bridgehead atoms. The highest BCUT2D eigenvalue weighted by Crippen LogP contribution is 2.22. The number of hydrogen-bond acceptors (Lipinski definition) is 4. The van der Waals surface area contributed by atoms with Gasteiger partial charge in [-0.1, -0.05) is 13.0 Å². The van der Waals surface area contributed by atoms with Gasteiger partial charge in [-0.05, 0) is 24.1 Å². The third-order valence-electron chi connectivity index (χ3n) is 3.01. The summed E-state index contributed by atoms with van der Waals surface area (Å²) in [6.45, 7) is 1.99. The van der Waals surface area contributed by atoms with Gasteiger partial charge in [-0.15, -0.1) is 0 Å². The normalized spacial score (nSPS) is 11.6. The molecule has 6 nitrogen and oxygen atoms in total. The fourth-order valence-corrected chi connectivity index (χ4v) is 3.16. The van der Waals surface area contributed by atoms with Gasteiger partial charge in [0, 0.05) is 19.8 Å². The molecule has 0 atom stereocenters. The SMILES string of the molecule is CCc1nn(C)cc1NS(=O)(=O)c1cc(CN)ccc1F. The molecule has 0 aliphatic rings. The van der Waals surface area contributed by atoms with E-state index in [9.17, 15) is 12.8 Å². The van der Waals surface area contributed by atoms with Crippen LogP contribution in [0.4, 0.5) is 10.1 Å². The van der Waals surface area contributed by atoms with Crippen molar-refractivity contribution in [3.63, 3.8) is 0 Å². The number of aromatic nitrogens is 2. The fourth-order valence-electron chi connectivity index (χ4n) is 1.96. The monoisotopic (exact) mass is 312 g/mol. The van der Waals surface area contributed by atoms with E-state index in [-0.39, 0.29) is 6.54 Å². The summed E-state index contributed by atoms with van der Waals surface area (Å²) in [5, 5.41) is 4.14. The Bertz CT molecular complexity index is 756. The number of sulfonamides is 1. The van der Waals surface area contributed by atoms with E-state index >= 15 is 0 Å². The van der Waals surface area contributed by atoms with Gasteiger partial charge in [0.25, 0.3) is 10.0 Å². The lowest BCUT2D eigenvalue weighted by atomic mass is 10.2. The van der Waals surface area contributed by atoms with E-state index in [4.69, 9.17) is 5.73 Å². The van der Waals surface area contributed by atoms with E-state index in [1.54, 1.807) is 13.2 Å². The van der Waals surface area contributed by atoms with E-state index < -0.39 is 20.7 Å². The van der Waals surface area contributed by atoms with Crippen LogP contribution < -0.4 is 10.5 Å². The number of benzene rings is 1. The number of halogens is 1. The minimum atomic E-state index is -4.03. The molecule has 21 heavy (non-hydrogen) atoms. The second kappa shape index (κ2) is 5.82. The van der Waals surface area contributed by atoms with Crippen LogP contribution in [0.3, 0.4) is 0 Å². The third kappa shape index (κ3) is 3.22. The molecule has 1 heterocycles. The van der Waals surface area contributed by atoms with Crippen LogP contribution in [0.5, 0.6) is 0 Å². The molecule has 0 radical (unpaired) electrons. The topological polar surface area (TPSA) is 90.0 Å². The molecule has 2 rings (SSSR count). The Balaban J connectivity index is 2.42. The summed E-state index contributed by atoms with van der Waals surface area (Å²) in [5.41, 5.74) is 6.94. The van der Waals surface area contributed by atoms with Crippen molar-refractivity contribution in [1.29, 1.82) is 0 Å². The summed E-state index contributed by atoms with van der Waals surface area (Å²) >= 11 is 0. The molecule has 0 aliphatic heterocycles. The van der Waals surface area contributed by atoms with Crippen molar-refractivity contribution >= 4 is 15.7 Å². The molecule has 8 heteroatoms. The van der Waals surface area contributed by atoms with Gasteiger partial charge in [0.05, 0.1) is 11.4 Å². The standard InChI is InChI=1S/C13H17FN4O2S/c1-3-11-12(8-18(2)16-11)17-21(19,20)13-6-9(7-15)4-5-10(13)14/h4-6,8,17H,3,7,15H2,1-2H3. The Kier molecular flexibility index (Phi) is 4.29. The number of rotatable bonds is 5. The molecular weight excluding hydrogens is 295 g/mol. The second-order valence-electron chi connectivity index (χ2n) is 4.59. The van der Waals surface area contributed by atoms with Crippen molar-refractivity contribution in [2.45, 2.75) is 24.8 Å². The molecule has 0 saturated carbocycles. The number of hydrogen-bond donors (Lipinski definition) is 2. The lowest BCUT2D eigenvalue weighted by Crippen LogP contribution is -2.16. The molecular formula is C13H17FN4O2S. The van der Waals surface area contributed by atoms with Crippen LogP contribution in [0.15, 0.2) is 29.3 Å². The highest BCUT2D eigenvalue weighted by atomic mass is 32.2. The number of anilines is 1. The average Bonchev–Trinajstić information content (AvgIpc) is 2.78. The summed E-state index contributed by atoms with van der Waals surface area (Å²) in [6.07, 6.45) is 2.10. The molecule has 0 fully saturated rings. The Morgan fingerprint density at radius 1 is 1.43 bits per heavy atom. The highest BCUT2D eigenvalue weighted by molar-refractivity contribution is 7.92. The molecule has 0 unspecified atom stereocenters. The number of nitrogens with one attached hydrogen (secondary N) is 1. The van der Waals surface area contributed by atoms with Crippen molar-refractivity contribution < 1.29 is 12.8 Å². The summed E-state index contributed by atoms with van der Waals surface area (Å²) in [6, 6.07) is 3.79. The van der Waals surface area contributed by atoms with E-state index in [1.165, 1.54) is 16.8 Å². The number of nitrogens with two attached hydrogens (primary N) is 1. The van der Waals surface area contributed by atoms with Gasteiger partial charge in [0.15, 0.2) is 0 Å². The highest BCUT2D eigenvalue weighted by Gasteiger charge is 2.21. The maximum atomic E-state index is 13.8. The largest absolute Gasteiger partial charge is 0.326 e. The van der Waals surface area contributed by atoms with Crippen molar-refractivity contribution in [3.8, 4) is 0 Å². The zero-order valence-electron chi connectivity index (χ0n) is 11.8. The van der Waals surface area contributed by atoms with Gasteiger partial charge in [-0.25, -0.2) is 12.8 Å². The van der Waals surface area contributed by atoms with Crippen LogP contribution in [0, 0.1) is 5.82 Å². The number of aryl methyl sites for hydroxylation is 2. The molecule has 1 aromatic carbocycles. The maximum absolute atomic E-state index is 13.8. The lowest BCUT2D eigenvalue weighted by molar-refractivity contribution is 0.569. The van der Waals surface area contributed by atoms with E-state index in [0.29, 0.717) is 23.4 Å². The molecule has 0 saturated heterocycles. The molecule has 0 amide bonds. The Morgan fingerprint density at radius 3 is 2.76 bits per heavy atom. The lowest BCUT2D eigenvalue weighted by Gasteiger charge is -2.09. The summed E-state index contributed by atoms with van der Waals surface area (Å²) in [5.74, 6) is -0.818. The van der Waals surface area contributed by atoms with Crippen LogP contribution >= 0.6 is 0 Å². The molecule has 3 N–H and O–H groups in total. The first-order chi connectivity index (χ1) is 9.87. The van der Waals surface area contributed by atoms with Crippen molar-refractivity contribution in [1.82, 2.24) is 9.78 Å². The predicted molar refractivity (Wildman–Crippen MR) is 77.7 cm³/mol. The smallest absolute Gasteiger partial charge is 0.264 e. The van der Waals surface area contributed by atoms with Crippen LogP contribution in [0.1, 0.15) is 18.2 Å². The van der Waals surface area contributed by atoms with E-state index in [2.05, 4.69) is 9.82 Å². The van der Waals surface area contributed by atoms with Gasteiger partial charge >= 0.3 is 0 Å². The first-order valence-electron chi connectivity index (χ1n) is 6.41. The van der Waals surface area contributed by atoms with Crippen LogP contribution in [0.2, 0.25) is 0 Å². The van der Waals surface area contributed by atoms with E-state index in [1.807, 2.05) is 6.92 Å². The Morgan fingerprint density at radius 2 is 2.14 bits per heavy atom. The fraction of sp³-hybridized carbons (Fsp3) is 0.308. The molecule has 2 aromatic rings. The first kappa shape index (κ1) is 15.5. The van der Waals surface area contributed by atoms with Gasteiger partial charge < -0.3 is 5.73 Å². The molecule has 1 aromatic heterocycles. The van der Waals surface area contributed by atoms with Crippen LogP contribution in [-0.4, -0.2) is 18.2 Å². The third-order valence-corrected chi connectivity index (χ3v) is 4.39. The Labute approximate surface area is 122 Å². The zero-order chi connectivity index (χ0) is 15.6. The van der Waals surface area contributed by atoms with E-state index in [0.717, 1.165) is 6.07 Å². The number of nitrogens with zero attached hydrogens (tertiary/aromatic N) is 2. The summed E-state index contributed by atoms with van der Waals surface area (Å²) in [7, 11) is -2.34. The van der Waals surface area contributed by atoms with Crippen LogP contribution in [-0.2, 0) is 30.0 Å². The van der Waals surface area contributed by atoms with Crippen molar-refractivity contribution in [2.75, 3.05) is 4.72 Å². The minimum Gasteiger partial charge on any atom is -0.326 e.